The number of esters is 1. The number of benzene rings is 2. The molecular formula is C19H15N5O5S. The summed E-state index contributed by atoms with van der Waals surface area (Å²) in [5, 5.41) is 22.2. The summed E-state index contributed by atoms with van der Waals surface area (Å²) in [7, 11) is 0. The molecule has 30 heavy (non-hydrogen) atoms. The number of rotatable bonds is 4. The van der Waals surface area contributed by atoms with Crippen molar-refractivity contribution in [3.8, 4) is 5.75 Å². The van der Waals surface area contributed by atoms with E-state index in [9.17, 15) is 19.7 Å². The molecule has 0 radical (unpaired) electrons. The molecule has 0 spiro atoms. The number of carbonyl (C=O) groups excluding carboxylic acids is 2. The van der Waals surface area contributed by atoms with Crippen LogP contribution in [0, 0.1) is 10.1 Å². The summed E-state index contributed by atoms with van der Waals surface area (Å²) in [5.41, 5.74) is 2.01. The molecular weight excluding hydrogens is 410 g/mol. The first kappa shape index (κ1) is 19.6. The van der Waals surface area contributed by atoms with Gasteiger partial charge in [-0.15, -0.1) is 5.10 Å². The molecule has 0 aliphatic carbocycles. The van der Waals surface area contributed by atoms with E-state index in [0.717, 1.165) is 17.3 Å². The number of nitro benzene ring substituents is 1. The lowest BCUT2D eigenvalue weighted by Gasteiger charge is -2.29. The van der Waals surface area contributed by atoms with E-state index in [2.05, 4.69) is 15.5 Å². The number of hydrogen-bond donors (Lipinski definition) is 1. The monoisotopic (exact) mass is 425 g/mol. The number of ether oxygens (including phenoxy) is 1. The lowest BCUT2D eigenvalue weighted by atomic mass is 10.1. The third-order valence-corrected chi connectivity index (χ3v) is 5.21. The number of nitro groups is 1. The Morgan fingerprint density at radius 3 is 2.73 bits per heavy atom. The van der Waals surface area contributed by atoms with Crippen LogP contribution in [0.3, 0.4) is 0 Å². The Morgan fingerprint density at radius 2 is 2.03 bits per heavy atom. The summed E-state index contributed by atoms with van der Waals surface area (Å²) in [6, 6.07) is 13.5. The van der Waals surface area contributed by atoms with Crippen LogP contribution in [-0.4, -0.2) is 46.5 Å². The average Bonchev–Trinajstić information content (AvgIpc) is 2.74. The number of anilines is 1. The quantitative estimate of drug-likeness (QED) is 0.343. The zero-order chi connectivity index (χ0) is 21.1. The number of thioether (sulfide) groups is 1. The van der Waals surface area contributed by atoms with Crippen molar-refractivity contribution in [2.75, 3.05) is 23.7 Å². The number of nitrogens with one attached hydrogen (secondary N) is 1. The topological polar surface area (TPSA) is 126 Å². The van der Waals surface area contributed by atoms with Gasteiger partial charge >= 0.3 is 5.97 Å². The fourth-order valence-electron chi connectivity index (χ4n) is 2.96. The Labute approximate surface area is 174 Å². The van der Waals surface area contributed by atoms with E-state index in [4.69, 9.17) is 4.74 Å². The highest BCUT2D eigenvalue weighted by atomic mass is 32.2. The number of fused-ring (bicyclic) bond motifs is 1. The van der Waals surface area contributed by atoms with Crippen molar-refractivity contribution in [3.05, 3.63) is 64.2 Å². The van der Waals surface area contributed by atoms with Gasteiger partial charge in [-0.25, -0.2) is 4.79 Å². The minimum atomic E-state index is -0.600. The van der Waals surface area contributed by atoms with Gasteiger partial charge < -0.3 is 15.0 Å². The minimum Gasteiger partial charge on any atom is -0.423 e. The SMILES string of the molecule is O=C(CN1CC(=O)Oc2cc([N+](=O)[O-])ccc21)NC1=NN=C(c2ccccc2)CS1. The molecule has 152 valence electrons. The number of carbonyl (C=O) groups is 2. The van der Waals surface area contributed by atoms with Gasteiger partial charge in [0.2, 0.25) is 5.91 Å². The van der Waals surface area contributed by atoms with E-state index in [-0.39, 0.29) is 24.5 Å². The van der Waals surface area contributed by atoms with Crippen molar-refractivity contribution in [1.29, 1.82) is 0 Å². The van der Waals surface area contributed by atoms with Gasteiger partial charge in [-0.2, -0.15) is 5.10 Å². The third kappa shape index (κ3) is 4.30. The normalized spacial score (nSPS) is 15.5. The second-order valence-electron chi connectivity index (χ2n) is 6.39. The van der Waals surface area contributed by atoms with Crippen molar-refractivity contribution < 1.29 is 19.2 Å². The van der Waals surface area contributed by atoms with E-state index in [0.29, 0.717) is 16.6 Å². The molecule has 0 aromatic heterocycles. The predicted molar refractivity (Wildman–Crippen MR) is 112 cm³/mol. The maximum atomic E-state index is 12.5. The van der Waals surface area contributed by atoms with Crippen LogP contribution in [-0.2, 0) is 9.59 Å². The second-order valence-corrected chi connectivity index (χ2v) is 7.36. The van der Waals surface area contributed by atoms with Crippen molar-refractivity contribution in [3.63, 3.8) is 0 Å². The van der Waals surface area contributed by atoms with Gasteiger partial charge in [0, 0.05) is 11.8 Å². The Balaban J connectivity index is 1.44. The molecule has 2 aromatic carbocycles. The lowest BCUT2D eigenvalue weighted by Crippen LogP contribution is -2.44. The smallest absolute Gasteiger partial charge is 0.331 e. The predicted octanol–water partition coefficient (Wildman–Crippen LogP) is 1.94. The van der Waals surface area contributed by atoms with Crippen LogP contribution in [0.4, 0.5) is 11.4 Å². The van der Waals surface area contributed by atoms with E-state index in [1.807, 2.05) is 30.3 Å². The Hall–Kier alpha value is -3.73. The number of non-ortho nitro benzene ring substituents is 1. The van der Waals surface area contributed by atoms with Crippen LogP contribution in [0.2, 0.25) is 0 Å². The zero-order valence-corrected chi connectivity index (χ0v) is 16.3. The van der Waals surface area contributed by atoms with Gasteiger partial charge in [0.15, 0.2) is 10.9 Å². The van der Waals surface area contributed by atoms with Crippen LogP contribution in [0.25, 0.3) is 0 Å². The molecule has 2 aromatic rings. The highest BCUT2D eigenvalue weighted by Gasteiger charge is 2.28. The number of hydrogen-bond acceptors (Lipinski definition) is 9. The minimum absolute atomic E-state index is 0.0507. The van der Waals surface area contributed by atoms with Crippen LogP contribution in [0.1, 0.15) is 5.56 Å². The molecule has 1 amide bonds. The molecule has 11 heteroatoms. The van der Waals surface area contributed by atoms with Crippen molar-refractivity contribution in [1.82, 2.24) is 5.32 Å². The second kappa shape index (κ2) is 8.33. The third-order valence-electron chi connectivity index (χ3n) is 4.33. The molecule has 0 saturated heterocycles. The number of nitrogens with zero attached hydrogens (tertiary/aromatic N) is 4. The molecule has 0 bridgehead atoms. The maximum absolute atomic E-state index is 12.5. The van der Waals surface area contributed by atoms with Crippen LogP contribution >= 0.6 is 11.8 Å². The molecule has 1 N–H and O–H groups in total. The average molecular weight is 425 g/mol. The molecule has 4 rings (SSSR count). The molecule has 0 atom stereocenters. The molecule has 0 fully saturated rings. The molecule has 2 aliphatic heterocycles. The molecule has 2 aliphatic rings. The molecule has 10 nitrogen and oxygen atoms in total. The summed E-state index contributed by atoms with van der Waals surface area (Å²) in [5.74, 6) is -0.378. The van der Waals surface area contributed by atoms with Gasteiger partial charge in [0.25, 0.3) is 5.69 Å². The Morgan fingerprint density at radius 1 is 1.23 bits per heavy atom. The first-order chi connectivity index (χ1) is 14.5. The fourth-order valence-corrected chi connectivity index (χ4v) is 3.74. The van der Waals surface area contributed by atoms with E-state index >= 15 is 0 Å². The van der Waals surface area contributed by atoms with Gasteiger partial charge in [-0.3, -0.25) is 14.9 Å². The van der Waals surface area contributed by atoms with Crippen molar-refractivity contribution in [2.24, 2.45) is 10.2 Å². The van der Waals surface area contributed by atoms with Gasteiger partial charge in [-0.1, -0.05) is 42.1 Å². The van der Waals surface area contributed by atoms with Crippen LogP contribution in [0.5, 0.6) is 5.75 Å². The highest BCUT2D eigenvalue weighted by molar-refractivity contribution is 8.14. The first-order valence-corrected chi connectivity index (χ1v) is 9.85. The van der Waals surface area contributed by atoms with Crippen molar-refractivity contribution in [2.45, 2.75) is 0 Å². The summed E-state index contributed by atoms with van der Waals surface area (Å²) in [6.45, 7) is -0.289. The first-order valence-electron chi connectivity index (χ1n) is 8.86. The van der Waals surface area contributed by atoms with Crippen LogP contribution < -0.4 is 15.0 Å². The van der Waals surface area contributed by atoms with E-state index < -0.39 is 16.8 Å². The summed E-state index contributed by atoms with van der Waals surface area (Å²) < 4.78 is 5.08. The van der Waals surface area contributed by atoms with Gasteiger partial charge in [-0.05, 0) is 11.6 Å². The molecule has 0 unspecified atom stereocenters. The lowest BCUT2D eigenvalue weighted by molar-refractivity contribution is -0.384. The van der Waals surface area contributed by atoms with E-state index in [1.54, 1.807) is 0 Å². The summed E-state index contributed by atoms with van der Waals surface area (Å²) in [6.07, 6.45) is 0. The number of amidine groups is 1. The van der Waals surface area contributed by atoms with Crippen molar-refractivity contribution >= 4 is 45.9 Å². The Kier molecular flexibility index (Phi) is 5.44. The number of amides is 1. The standard InChI is InChI=1S/C19H15N5O5S/c25-17(20-19-22-21-14(11-30-19)12-4-2-1-3-5-12)9-23-10-18(26)29-16-8-13(24(27)28)6-7-15(16)23/h1-8H,9-11H2,(H,20,22,25). The zero-order valence-electron chi connectivity index (χ0n) is 15.5. The summed E-state index contributed by atoms with van der Waals surface area (Å²) >= 11 is 1.35. The van der Waals surface area contributed by atoms with E-state index in [1.165, 1.54) is 28.8 Å². The highest BCUT2D eigenvalue weighted by Crippen LogP contribution is 2.34. The fraction of sp³-hybridized carbons (Fsp3) is 0.158. The molecule has 0 saturated carbocycles. The summed E-state index contributed by atoms with van der Waals surface area (Å²) in [4.78, 5) is 36.2. The largest absolute Gasteiger partial charge is 0.423 e. The van der Waals surface area contributed by atoms with Gasteiger partial charge in [0.05, 0.1) is 28.9 Å². The maximum Gasteiger partial charge on any atom is 0.331 e. The van der Waals surface area contributed by atoms with Gasteiger partial charge in [0.1, 0.15) is 6.54 Å². The molecule has 2 heterocycles. The Bertz CT molecular complexity index is 1090. The van der Waals surface area contributed by atoms with Crippen LogP contribution in [0.15, 0.2) is 58.7 Å².